The molecule has 1 atom stereocenters. The van der Waals surface area contributed by atoms with E-state index in [0.29, 0.717) is 5.82 Å². The SMILES string of the molecule is Nc1c(Br)cnn1C1CCCc2ccccc21. The van der Waals surface area contributed by atoms with Crippen LogP contribution >= 0.6 is 15.9 Å². The van der Waals surface area contributed by atoms with E-state index < -0.39 is 0 Å². The van der Waals surface area contributed by atoms with Crippen LogP contribution in [0.15, 0.2) is 34.9 Å². The van der Waals surface area contributed by atoms with Crippen LogP contribution in [0.4, 0.5) is 5.82 Å². The second kappa shape index (κ2) is 4.18. The maximum absolute atomic E-state index is 6.04. The number of nitrogens with two attached hydrogens (primary N) is 1. The third kappa shape index (κ3) is 1.76. The predicted molar refractivity (Wildman–Crippen MR) is 71.9 cm³/mol. The van der Waals surface area contributed by atoms with Crippen molar-refractivity contribution in [3.8, 4) is 0 Å². The van der Waals surface area contributed by atoms with Gasteiger partial charge < -0.3 is 5.73 Å². The highest BCUT2D eigenvalue weighted by atomic mass is 79.9. The van der Waals surface area contributed by atoms with Gasteiger partial charge in [-0.3, -0.25) is 0 Å². The first-order valence-corrected chi connectivity index (χ1v) is 6.63. The van der Waals surface area contributed by atoms with Crippen LogP contribution in [-0.4, -0.2) is 9.78 Å². The Morgan fingerprint density at radius 3 is 2.94 bits per heavy atom. The molecule has 1 aromatic heterocycles. The summed E-state index contributed by atoms with van der Waals surface area (Å²) in [5.41, 5.74) is 8.83. The quantitative estimate of drug-likeness (QED) is 0.877. The smallest absolute Gasteiger partial charge is 0.136 e. The molecule has 3 rings (SSSR count). The Balaban J connectivity index is 2.09. The molecule has 1 aromatic carbocycles. The van der Waals surface area contributed by atoms with Gasteiger partial charge in [-0.15, -0.1) is 0 Å². The second-order valence-electron chi connectivity index (χ2n) is 4.43. The minimum Gasteiger partial charge on any atom is -0.383 e. The van der Waals surface area contributed by atoms with Gasteiger partial charge in [-0.2, -0.15) is 5.10 Å². The Morgan fingerprint density at radius 1 is 1.35 bits per heavy atom. The molecule has 0 aliphatic heterocycles. The standard InChI is InChI=1S/C13H14BrN3/c14-11-8-16-17(13(11)15)12-7-3-5-9-4-1-2-6-10(9)12/h1-2,4,6,8,12H,3,5,7,15H2. The summed E-state index contributed by atoms with van der Waals surface area (Å²) in [5, 5.41) is 4.38. The minimum atomic E-state index is 0.284. The summed E-state index contributed by atoms with van der Waals surface area (Å²) in [4.78, 5) is 0. The molecular weight excluding hydrogens is 278 g/mol. The van der Waals surface area contributed by atoms with Gasteiger partial charge in [0.1, 0.15) is 5.82 Å². The molecule has 3 nitrogen and oxygen atoms in total. The highest BCUT2D eigenvalue weighted by Crippen LogP contribution is 2.35. The fourth-order valence-corrected chi connectivity index (χ4v) is 2.85. The second-order valence-corrected chi connectivity index (χ2v) is 5.28. The maximum atomic E-state index is 6.04. The van der Waals surface area contributed by atoms with E-state index in [9.17, 15) is 0 Å². The van der Waals surface area contributed by atoms with Crippen molar-refractivity contribution in [3.05, 3.63) is 46.1 Å². The summed E-state index contributed by atoms with van der Waals surface area (Å²) in [6.45, 7) is 0. The first-order valence-electron chi connectivity index (χ1n) is 5.83. The van der Waals surface area contributed by atoms with E-state index in [1.54, 1.807) is 6.20 Å². The molecule has 17 heavy (non-hydrogen) atoms. The number of hydrogen-bond acceptors (Lipinski definition) is 2. The zero-order valence-corrected chi connectivity index (χ0v) is 11.0. The van der Waals surface area contributed by atoms with E-state index in [1.807, 2.05) is 4.68 Å². The molecule has 1 unspecified atom stereocenters. The molecule has 0 saturated carbocycles. The molecule has 0 radical (unpaired) electrons. The fraction of sp³-hybridized carbons (Fsp3) is 0.308. The molecule has 0 amide bonds. The molecule has 88 valence electrons. The number of nitrogens with zero attached hydrogens (tertiary/aromatic N) is 2. The average Bonchev–Trinajstić information content (AvgIpc) is 2.69. The molecular formula is C13H14BrN3. The zero-order valence-electron chi connectivity index (χ0n) is 9.44. The van der Waals surface area contributed by atoms with Crippen molar-refractivity contribution in [1.82, 2.24) is 9.78 Å². The molecule has 0 bridgehead atoms. The Bertz CT molecular complexity index is 547. The van der Waals surface area contributed by atoms with Gasteiger partial charge in [0.15, 0.2) is 0 Å². The predicted octanol–water partition coefficient (Wildman–Crippen LogP) is 3.15. The van der Waals surface area contributed by atoms with Crippen molar-refractivity contribution < 1.29 is 0 Å². The fourth-order valence-electron chi connectivity index (χ4n) is 2.58. The van der Waals surface area contributed by atoms with Crippen molar-refractivity contribution in [2.75, 3.05) is 5.73 Å². The topological polar surface area (TPSA) is 43.8 Å². The Kier molecular flexibility index (Phi) is 2.67. The number of nitrogen functional groups attached to an aromatic ring is 1. The van der Waals surface area contributed by atoms with E-state index in [0.717, 1.165) is 17.3 Å². The van der Waals surface area contributed by atoms with Crippen LogP contribution < -0.4 is 5.73 Å². The molecule has 1 heterocycles. The largest absolute Gasteiger partial charge is 0.383 e. The number of benzene rings is 1. The number of fused-ring (bicyclic) bond motifs is 1. The minimum absolute atomic E-state index is 0.284. The van der Waals surface area contributed by atoms with Crippen molar-refractivity contribution in [2.45, 2.75) is 25.3 Å². The van der Waals surface area contributed by atoms with E-state index in [1.165, 1.54) is 17.5 Å². The van der Waals surface area contributed by atoms with Crippen LogP contribution in [0.25, 0.3) is 0 Å². The van der Waals surface area contributed by atoms with Crippen LogP contribution in [0.3, 0.4) is 0 Å². The van der Waals surface area contributed by atoms with E-state index in [-0.39, 0.29) is 6.04 Å². The lowest BCUT2D eigenvalue weighted by Crippen LogP contribution is -2.19. The lowest BCUT2D eigenvalue weighted by atomic mass is 9.88. The highest BCUT2D eigenvalue weighted by Gasteiger charge is 2.23. The molecule has 4 heteroatoms. The first kappa shape index (κ1) is 10.8. The van der Waals surface area contributed by atoms with E-state index in [4.69, 9.17) is 5.73 Å². The van der Waals surface area contributed by atoms with Crippen LogP contribution in [0.5, 0.6) is 0 Å². The van der Waals surface area contributed by atoms with E-state index >= 15 is 0 Å². The monoisotopic (exact) mass is 291 g/mol. The Morgan fingerprint density at radius 2 is 2.18 bits per heavy atom. The maximum Gasteiger partial charge on any atom is 0.136 e. The zero-order chi connectivity index (χ0) is 11.8. The summed E-state index contributed by atoms with van der Waals surface area (Å²) in [7, 11) is 0. The summed E-state index contributed by atoms with van der Waals surface area (Å²) < 4.78 is 2.81. The number of aromatic nitrogens is 2. The molecule has 2 aromatic rings. The number of anilines is 1. The lowest BCUT2D eigenvalue weighted by Gasteiger charge is -2.26. The highest BCUT2D eigenvalue weighted by molar-refractivity contribution is 9.10. The number of hydrogen-bond donors (Lipinski definition) is 1. The van der Waals surface area contributed by atoms with Gasteiger partial charge in [-0.05, 0) is 46.3 Å². The van der Waals surface area contributed by atoms with Gasteiger partial charge in [0.2, 0.25) is 0 Å². The van der Waals surface area contributed by atoms with Crippen LogP contribution in [0.2, 0.25) is 0 Å². The summed E-state index contributed by atoms with van der Waals surface area (Å²) in [6, 6.07) is 8.87. The average molecular weight is 292 g/mol. The molecule has 0 saturated heterocycles. The van der Waals surface area contributed by atoms with Crippen molar-refractivity contribution in [3.63, 3.8) is 0 Å². The molecule has 2 N–H and O–H groups in total. The first-order chi connectivity index (χ1) is 8.27. The molecule has 0 fully saturated rings. The van der Waals surface area contributed by atoms with E-state index in [2.05, 4.69) is 45.3 Å². The van der Waals surface area contributed by atoms with Gasteiger partial charge in [0, 0.05) is 0 Å². The molecule has 1 aliphatic carbocycles. The van der Waals surface area contributed by atoms with Crippen LogP contribution in [0.1, 0.15) is 30.0 Å². The summed E-state index contributed by atoms with van der Waals surface area (Å²) >= 11 is 3.41. The number of halogens is 1. The van der Waals surface area contributed by atoms with Crippen molar-refractivity contribution in [2.24, 2.45) is 0 Å². The lowest BCUT2D eigenvalue weighted by molar-refractivity contribution is 0.456. The summed E-state index contributed by atoms with van der Waals surface area (Å²) in [6.07, 6.45) is 5.23. The Labute approximate surface area is 109 Å². The Hall–Kier alpha value is -1.29. The summed E-state index contributed by atoms with van der Waals surface area (Å²) in [5.74, 6) is 0.715. The van der Waals surface area contributed by atoms with Gasteiger partial charge in [0.25, 0.3) is 0 Å². The van der Waals surface area contributed by atoms with Crippen LogP contribution in [-0.2, 0) is 6.42 Å². The van der Waals surface area contributed by atoms with Gasteiger partial charge >= 0.3 is 0 Å². The third-order valence-corrected chi connectivity index (χ3v) is 4.03. The normalized spacial score (nSPS) is 19.0. The van der Waals surface area contributed by atoms with Crippen molar-refractivity contribution in [1.29, 1.82) is 0 Å². The van der Waals surface area contributed by atoms with Gasteiger partial charge in [0.05, 0.1) is 16.7 Å². The third-order valence-electron chi connectivity index (χ3n) is 3.42. The van der Waals surface area contributed by atoms with Gasteiger partial charge in [-0.25, -0.2) is 4.68 Å². The van der Waals surface area contributed by atoms with Gasteiger partial charge in [-0.1, -0.05) is 24.3 Å². The van der Waals surface area contributed by atoms with Crippen LogP contribution in [0, 0.1) is 0 Å². The van der Waals surface area contributed by atoms with Crippen molar-refractivity contribution >= 4 is 21.7 Å². The number of rotatable bonds is 1. The molecule has 1 aliphatic rings. The number of aryl methyl sites for hydroxylation is 1. The molecule has 0 spiro atoms.